The van der Waals surface area contributed by atoms with E-state index in [0.717, 1.165) is 18.7 Å². The maximum Gasteiger partial charge on any atom is 0.260 e. The van der Waals surface area contributed by atoms with Gasteiger partial charge in [-0.1, -0.05) is 25.3 Å². The van der Waals surface area contributed by atoms with Crippen LogP contribution in [0.15, 0.2) is 30.5 Å². The fraction of sp³-hybridized carbons (Fsp3) is 0.444. The number of aromatic nitrogens is 2. The summed E-state index contributed by atoms with van der Waals surface area (Å²) in [5, 5.41) is 7.37. The fourth-order valence-corrected chi connectivity index (χ4v) is 3.28. The summed E-state index contributed by atoms with van der Waals surface area (Å²) in [6, 6.07) is 7.45. The topological polar surface area (TPSA) is 65.4 Å². The summed E-state index contributed by atoms with van der Waals surface area (Å²) in [6.07, 6.45) is 7.64. The Morgan fingerprint density at radius 2 is 1.96 bits per heavy atom. The van der Waals surface area contributed by atoms with E-state index in [0.29, 0.717) is 23.1 Å². The zero-order valence-corrected chi connectivity index (χ0v) is 14.1. The number of methoxy groups -OCH3 is 2. The number of anilines is 1. The highest BCUT2D eigenvalue weighted by molar-refractivity contribution is 6.06. The molecule has 0 spiro atoms. The number of nitrogens with one attached hydrogen (secondary N) is 1. The molecule has 0 unspecified atom stereocenters. The van der Waals surface area contributed by atoms with E-state index in [9.17, 15) is 4.79 Å². The van der Waals surface area contributed by atoms with E-state index in [1.807, 2.05) is 10.7 Å². The largest absolute Gasteiger partial charge is 0.493 e. The van der Waals surface area contributed by atoms with E-state index in [1.165, 1.54) is 26.4 Å². The smallest absolute Gasteiger partial charge is 0.260 e. The molecule has 1 aromatic heterocycles. The summed E-state index contributed by atoms with van der Waals surface area (Å²) in [5.41, 5.74) is 0.438. The van der Waals surface area contributed by atoms with Crippen molar-refractivity contribution in [1.82, 2.24) is 9.78 Å². The molecule has 24 heavy (non-hydrogen) atoms. The van der Waals surface area contributed by atoms with E-state index in [4.69, 9.17) is 9.47 Å². The Hall–Kier alpha value is -2.50. The molecule has 1 amide bonds. The van der Waals surface area contributed by atoms with Crippen LogP contribution in [0, 0.1) is 0 Å². The lowest BCUT2D eigenvalue weighted by molar-refractivity contribution is 0.102. The predicted molar refractivity (Wildman–Crippen MR) is 91.8 cm³/mol. The molecule has 1 aliphatic carbocycles. The summed E-state index contributed by atoms with van der Waals surface area (Å²) in [4.78, 5) is 12.7. The van der Waals surface area contributed by atoms with Crippen molar-refractivity contribution in [1.29, 1.82) is 0 Å². The molecular weight excluding hydrogens is 306 g/mol. The average Bonchev–Trinajstić information content (AvgIpc) is 3.09. The van der Waals surface area contributed by atoms with Gasteiger partial charge in [-0.15, -0.1) is 0 Å². The maximum absolute atomic E-state index is 12.7. The van der Waals surface area contributed by atoms with Crippen LogP contribution in [0.25, 0.3) is 0 Å². The van der Waals surface area contributed by atoms with Gasteiger partial charge in [-0.2, -0.15) is 5.10 Å². The molecule has 1 aliphatic rings. The maximum atomic E-state index is 12.7. The average molecular weight is 329 g/mol. The number of ether oxygens (including phenoxy) is 2. The third-order valence-electron chi connectivity index (χ3n) is 4.48. The lowest BCUT2D eigenvalue weighted by atomic mass is 9.96. The minimum absolute atomic E-state index is 0.233. The second-order valence-electron chi connectivity index (χ2n) is 5.95. The van der Waals surface area contributed by atoms with Gasteiger partial charge in [0.25, 0.3) is 5.91 Å². The molecule has 3 rings (SSSR count). The molecular formula is C18H23N3O3. The fourth-order valence-electron chi connectivity index (χ4n) is 3.28. The zero-order valence-electron chi connectivity index (χ0n) is 14.1. The number of benzene rings is 1. The van der Waals surface area contributed by atoms with E-state index in [1.54, 1.807) is 31.5 Å². The van der Waals surface area contributed by atoms with Crippen molar-refractivity contribution >= 4 is 11.7 Å². The van der Waals surface area contributed by atoms with Gasteiger partial charge in [-0.05, 0) is 25.0 Å². The first-order valence-corrected chi connectivity index (χ1v) is 8.30. The molecule has 1 aromatic carbocycles. The lowest BCUT2D eigenvalue weighted by Gasteiger charge is -2.24. The van der Waals surface area contributed by atoms with Crippen molar-refractivity contribution in [2.75, 3.05) is 19.5 Å². The van der Waals surface area contributed by atoms with Crippen LogP contribution in [0.4, 0.5) is 5.82 Å². The Balaban J connectivity index is 1.82. The van der Waals surface area contributed by atoms with Gasteiger partial charge in [0.05, 0.1) is 32.0 Å². The van der Waals surface area contributed by atoms with E-state index in [2.05, 4.69) is 10.4 Å². The van der Waals surface area contributed by atoms with Crippen LogP contribution in [0.1, 0.15) is 48.5 Å². The minimum Gasteiger partial charge on any atom is -0.493 e. The molecule has 1 heterocycles. The minimum atomic E-state index is -0.233. The van der Waals surface area contributed by atoms with Crippen molar-refractivity contribution < 1.29 is 14.3 Å². The quantitative estimate of drug-likeness (QED) is 0.909. The van der Waals surface area contributed by atoms with Gasteiger partial charge in [0.2, 0.25) is 0 Å². The monoisotopic (exact) mass is 329 g/mol. The SMILES string of the molecule is COc1cccc(C(=O)Nc2ccnn2C2CCCCC2)c1OC. The van der Waals surface area contributed by atoms with Gasteiger partial charge in [0, 0.05) is 6.07 Å². The molecule has 0 aliphatic heterocycles. The Labute approximate surface area is 141 Å². The molecule has 1 saturated carbocycles. The van der Waals surface area contributed by atoms with Crippen molar-refractivity contribution in [3.05, 3.63) is 36.0 Å². The van der Waals surface area contributed by atoms with Gasteiger partial charge in [0.1, 0.15) is 5.82 Å². The molecule has 6 nitrogen and oxygen atoms in total. The van der Waals surface area contributed by atoms with Crippen molar-refractivity contribution in [3.63, 3.8) is 0 Å². The number of hydrogen-bond acceptors (Lipinski definition) is 4. The van der Waals surface area contributed by atoms with Crippen molar-refractivity contribution in [2.24, 2.45) is 0 Å². The van der Waals surface area contributed by atoms with Gasteiger partial charge in [-0.25, -0.2) is 4.68 Å². The molecule has 1 fully saturated rings. The summed E-state index contributed by atoms with van der Waals surface area (Å²) < 4.78 is 12.5. The van der Waals surface area contributed by atoms with Gasteiger partial charge < -0.3 is 14.8 Å². The Morgan fingerprint density at radius 3 is 2.67 bits per heavy atom. The number of carbonyl (C=O) groups is 1. The van der Waals surface area contributed by atoms with Gasteiger partial charge in [0.15, 0.2) is 11.5 Å². The second-order valence-corrected chi connectivity index (χ2v) is 5.95. The second kappa shape index (κ2) is 7.38. The first kappa shape index (κ1) is 16.4. The van der Waals surface area contributed by atoms with Crippen LogP contribution in [0.2, 0.25) is 0 Å². The zero-order chi connectivity index (χ0) is 16.9. The summed E-state index contributed by atoms with van der Waals surface area (Å²) in [6.45, 7) is 0. The molecule has 0 bridgehead atoms. The Morgan fingerprint density at radius 1 is 1.17 bits per heavy atom. The van der Waals surface area contributed by atoms with Crippen LogP contribution >= 0.6 is 0 Å². The molecule has 2 aromatic rings. The van der Waals surface area contributed by atoms with E-state index >= 15 is 0 Å². The molecule has 6 heteroatoms. The molecule has 0 atom stereocenters. The standard InChI is InChI=1S/C18H23N3O3/c1-23-15-10-6-9-14(17(15)24-2)18(22)20-16-11-12-19-21(16)13-7-4-3-5-8-13/h6,9-13H,3-5,7-8H2,1-2H3,(H,20,22). The summed E-state index contributed by atoms with van der Waals surface area (Å²) >= 11 is 0. The summed E-state index contributed by atoms with van der Waals surface area (Å²) in [5.74, 6) is 1.45. The summed E-state index contributed by atoms with van der Waals surface area (Å²) in [7, 11) is 3.08. The number of para-hydroxylation sites is 1. The van der Waals surface area contributed by atoms with E-state index < -0.39 is 0 Å². The molecule has 0 saturated heterocycles. The number of amides is 1. The first-order chi connectivity index (χ1) is 11.7. The highest BCUT2D eigenvalue weighted by Gasteiger charge is 2.21. The highest BCUT2D eigenvalue weighted by atomic mass is 16.5. The predicted octanol–water partition coefficient (Wildman–Crippen LogP) is 3.66. The van der Waals surface area contributed by atoms with Gasteiger partial charge in [-0.3, -0.25) is 4.79 Å². The van der Waals surface area contributed by atoms with Gasteiger partial charge >= 0.3 is 0 Å². The lowest BCUT2D eigenvalue weighted by Crippen LogP contribution is -2.20. The number of carbonyl (C=O) groups excluding carboxylic acids is 1. The molecule has 128 valence electrons. The number of hydrogen-bond donors (Lipinski definition) is 1. The van der Waals surface area contributed by atoms with E-state index in [-0.39, 0.29) is 5.91 Å². The third kappa shape index (κ3) is 3.22. The molecule has 1 N–H and O–H groups in total. The van der Waals surface area contributed by atoms with Crippen molar-refractivity contribution in [2.45, 2.75) is 38.1 Å². The van der Waals surface area contributed by atoms with Crippen molar-refractivity contribution in [3.8, 4) is 11.5 Å². The Kier molecular flexibility index (Phi) is 5.03. The normalized spacial score (nSPS) is 15.1. The van der Waals surface area contributed by atoms with Crippen LogP contribution in [0.3, 0.4) is 0 Å². The van der Waals surface area contributed by atoms with Crippen LogP contribution in [0.5, 0.6) is 11.5 Å². The number of nitrogens with zero attached hydrogens (tertiary/aromatic N) is 2. The first-order valence-electron chi connectivity index (χ1n) is 8.30. The third-order valence-corrected chi connectivity index (χ3v) is 4.48. The van der Waals surface area contributed by atoms with Crippen LogP contribution < -0.4 is 14.8 Å². The Bertz CT molecular complexity index is 705. The number of rotatable bonds is 5. The highest BCUT2D eigenvalue weighted by Crippen LogP contribution is 2.32. The van der Waals surface area contributed by atoms with Crippen LogP contribution in [-0.4, -0.2) is 29.9 Å². The molecule has 0 radical (unpaired) electrons. The van der Waals surface area contributed by atoms with Crippen LogP contribution in [-0.2, 0) is 0 Å².